The molecule has 3 nitrogen and oxygen atoms in total. The van der Waals surface area contributed by atoms with Crippen LogP contribution < -0.4 is 11.1 Å². The third-order valence-electron chi connectivity index (χ3n) is 3.79. The molecule has 0 aromatic rings. The zero-order valence-corrected chi connectivity index (χ0v) is 12.1. The molecule has 17 heavy (non-hydrogen) atoms. The standard InChI is InChI=1S/C13H26N2OS/c1-13(2,17-3)9-15-12(16)11-6-4-10(8-14)5-7-11/h10-11H,4-9,14H2,1-3H3,(H,15,16). The molecule has 1 aliphatic carbocycles. The summed E-state index contributed by atoms with van der Waals surface area (Å²) in [4.78, 5) is 12.0. The van der Waals surface area contributed by atoms with E-state index in [1.54, 1.807) is 11.8 Å². The average molecular weight is 258 g/mol. The fraction of sp³-hybridized carbons (Fsp3) is 0.923. The van der Waals surface area contributed by atoms with E-state index in [1.165, 1.54) is 0 Å². The first kappa shape index (κ1) is 14.8. The van der Waals surface area contributed by atoms with Gasteiger partial charge in [-0.25, -0.2) is 0 Å². The number of nitrogens with two attached hydrogens (primary N) is 1. The van der Waals surface area contributed by atoms with Crippen LogP contribution in [0.15, 0.2) is 0 Å². The van der Waals surface area contributed by atoms with Crippen molar-refractivity contribution >= 4 is 17.7 Å². The van der Waals surface area contributed by atoms with Gasteiger partial charge in [-0.2, -0.15) is 11.8 Å². The van der Waals surface area contributed by atoms with Crippen LogP contribution in [0.4, 0.5) is 0 Å². The Morgan fingerprint density at radius 1 is 1.35 bits per heavy atom. The fourth-order valence-corrected chi connectivity index (χ4v) is 2.39. The van der Waals surface area contributed by atoms with Gasteiger partial charge in [0.15, 0.2) is 0 Å². The Kier molecular flexibility index (Phi) is 5.80. The lowest BCUT2D eigenvalue weighted by Gasteiger charge is -2.28. The summed E-state index contributed by atoms with van der Waals surface area (Å²) < 4.78 is 0.129. The molecule has 0 bridgehead atoms. The number of carbonyl (C=O) groups is 1. The van der Waals surface area contributed by atoms with E-state index in [0.717, 1.165) is 38.8 Å². The number of hydrogen-bond donors (Lipinski definition) is 2. The molecule has 4 heteroatoms. The summed E-state index contributed by atoms with van der Waals surface area (Å²) in [5.74, 6) is 1.10. The van der Waals surface area contributed by atoms with Crippen molar-refractivity contribution in [3.05, 3.63) is 0 Å². The maximum absolute atomic E-state index is 12.0. The molecule has 0 heterocycles. The van der Waals surface area contributed by atoms with E-state index in [4.69, 9.17) is 5.73 Å². The molecule has 0 aromatic heterocycles. The van der Waals surface area contributed by atoms with Crippen molar-refractivity contribution in [2.45, 2.75) is 44.3 Å². The molecule has 0 saturated heterocycles. The van der Waals surface area contributed by atoms with Crippen LogP contribution in [0.5, 0.6) is 0 Å². The van der Waals surface area contributed by atoms with Crippen molar-refractivity contribution in [3.8, 4) is 0 Å². The van der Waals surface area contributed by atoms with Gasteiger partial charge in [0.1, 0.15) is 0 Å². The van der Waals surface area contributed by atoms with E-state index in [1.807, 2.05) is 0 Å². The van der Waals surface area contributed by atoms with Crippen LogP contribution in [0.3, 0.4) is 0 Å². The van der Waals surface area contributed by atoms with Crippen molar-refractivity contribution in [2.75, 3.05) is 19.3 Å². The second-order valence-corrected chi connectivity index (χ2v) is 7.15. The summed E-state index contributed by atoms with van der Waals surface area (Å²) in [6, 6.07) is 0. The summed E-state index contributed by atoms with van der Waals surface area (Å²) in [6.45, 7) is 5.84. The lowest BCUT2D eigenvalue weighted by molar-refractivity contribution is -0.126. The number of nitrogens with one attached hydrogen (secondary N) is 1. The topological polar surface area (TPSA) is 55.1 Å². The van der Waals surface area contributed by atoms with Gasteiger partial charge in [0, 0.05) is 17.2 Å². The summed E-state index contributed by atoms with van der Waals surface area (Å²) in [5.41, 5.74) is 5.66. The van der Waals surface area contributed by atoms with E-state index in [-0.39, 0.29) is 16.6 Å². The van der Waals surface area contributed by atoms with Crippen LogP contribution in [0, 0.1) is 11.8 Å². The van der Waals surface area contributed by atoms with Crippen molar-refractivity contribution in [1.82, 2.24) is 5.32 Å². The summed E-state index contributed by atoms with van der Waals surface area (Å²) >= 11 is 1.79. The third kappa shape index (κ3) is 4.88. The Morgan fingerprint density at radius 2 is 1.94 bits per heavy atom. The molecule has 3 N–H and O–H groups in total. The minimum atomic E-state index is 0.129. The van der Waals surface area contributed by atoms with Gasteiger partial charge in [-0.1, -0.05) is 0 Å². The normalized spacial score (nSPS) is 25.6. The molecule has 0 aliphatic heterocycles. The molecule has 1 fully saturated rings. The highest BCUT2D eigenvalue weighted by Gasteiger charge is 2.26. The Labute approximate surface area is 109 Å². The van der Waals surface area contributed by atoms with Crippen molar-refractivity contribution < 1.29 is 4.79 Å². The van der Waals surface area contributed by atoms with Crippen LogP contribution in [0.2, 0.25) is 0 Å². The molecule has 0 unspecified atom stereocenters. The van der Waals surface area contributed by atoms with Crippen LogP contribution in [-0.2, 0) is 4.79 Å². The molecule has 0 spiro atoms. The quantitative estimate of drug-likeness (QED) is 0.793. The highest BCUT2D eigenvalue weighted by molar-refractivity contribution is 7.99. The van der Waals surface area contributed by atoms with Crippen LogP contribution in [0.1, 0.15) is 39.5 Å². The molecule has 100 valence electrons. The van der Waals surface area contributed by atoms with E-state index in [0.29, 0.717) is 5.92 Å². The molecule has 1 amide bonds. The second kappa shape index (κ2) is 6.64. The van der Waals surface area contributed by atoms with Gasteiger partial charge in [0.2, 0.25) is 5.91 Å². The number of carbonyl (C=O) groups excluding carboxylic acids is 1. The van der Waals surface area contributed by atoms with Gasteiger partial charge in [0.05, 0.1) is 0 Å². The van der Waals surface area contributed by atoms with E-state index in [9.17, 15) is 4.79 Å². The van der Waals surface area contributed by atoms with E-state index in [2.05, 4.69) is 25.4 Å². The van der Waals surface area contributed by atoms with Crippen LogP contribution in [-0.4, -0.2) is 30.0 Å². The molecular weight excluding hydrogens is 232 g/mol. The first-order chi connectivity index (χ1) is 7.98. The molecule has 1 rings (SSSR count). The third-order valence-corrected chi connectivity index (χ3v) is 5.04. The van der Waals surface area contributed by atoms with E-state index < -0.39 is 0 Å². The predicted octanol–water partition coefficient (Wildman–Crippen LogP) is 2.01. The highest BCUT2D eigenvalue weighted by atomic mass is 32.2. The predicted molar refractivity (Wildman–Crippen MR) is 75.1 cm³/mol. The van der Waals surface area contributed by atoms with Crippen LogP contribution >= 0.6 is 11.8 Å². The summed E-state index contributed by atoms with van der Waals surface area (Å²) in [7, 11) is 0. The zero-order valence-electron chi connectivity index (χ0n) is 11.3. The Hall–Kier alpha value is -0.220. The van der Waals surface area contributed by atoms with Crippen molar-refractivity contribution in [3.63, 3.8) is 0 Å². The maximum Gasteiger partial charge on any atom is 0.223 e. The van der Waals surface area contributed by atoms with Gasteiger partial charge >= 0.3 is 0 Å². The Bertz CT molecular complexity index is 248. The maximum atomic E-state index is 12.0. The van der Waals surface area contributed by atoms with Gasteiger partial charge in [-0.3, -0.25) is 4.79 Å². The SMILES string of the molecule is CSC(C)(C)CNC(=O)C1CCC(CN)CC1. The molecule has 0 atom stereocenters. The minimum Gasteiger partial charge on any atom is -0.354 e. The zero-order chi connectivity index (χ0) is 12.9. The molecule has 0 radical (unpaired) electrons. The van der Waals surface area contributed by atoms with Gasteiger partial charge < -0.3 is 11.1 Å². The number of thioether (sulfide) groups is 1. The lowest BCUT2D eigenvalue weighted by Crippen LogP contribution is -2.40. The first-order valence-corrected chi connectivity index (χ1v) is 7.74. The summed E-state index contributed by atoms with van der Waals surface area (Å²) in [6.07, 6.45) is 6.32. The van der Waals surface area contributed by atoms with Gasteiger partial charge in [0.25, 0.3) is 0 Å². The highest BCUT2D eigenvalue weighted by Crippen LogP contribution is 2.28. The van der Waals surface area contributed by atoms with Crippen molar-refractivity contribution in [1.29, 1.82) is 0 Å². The fourth-order valence-electron chi connectivity index (χ4n) is 2.18. The monoisotopic (exact) mass is 258 g/mol. The molecule has 1 saturated carbocycles. The minimum absolute atomic E-state index is 0.129. The smallest absolute Gasteiger partial charge is 0.223 e. The van der Waals surface area contributed by atoms with Crippen molar-refractivity contribution in [2.24, 2.45) is 17.6 Å². The van der Waals surface area contributed by atoms with Gasteiger partial charge in [-0.05, 0) is 58.2 Å². The molecule has 1 aliphatic rings. The Balaban J connectivity index is 2.30. The lowest BCUT2D eigenvalue weighted by atomic mass is 9.81. The molecule has 0 aromatic carbocycles. The number of rotatable bonds is 5. The number of amides is 1. The van der Waals surface area contributed by atoms with E-state index >= 15 is 0 Å². The summed E-state index contributed by atoms with van der Waals surface area (Å²) in [5, 5.41) is 3.09. The average Bonchev–Trinajstić information content (AvgIpc) is 2.36. The van der Waals surface area contributed by atoms with Crippen LogP contribution in [0.25, 0.3) is 0 Å². The number of hydrogen-bond acceptors (Lipinski definition) is 3. The second-order valence-electron chi connectivity index (χ2n) is 5.63. The largest absolute Gasteiger partial charge is 0.354 e. The van der Waals surface area contributed by atoms with Gasteiger partial charge in [-0.15, -0.1) is 0 Å². The Morgan fingerprint density at radius 3 is 2.41 bits per heavy atom. The molecular formula is C13H26N2OS. The first-order valence-electron chi connectivity index (χ1n) is 6.51.